The van der Waals surface area contributed by atoms with Gasteiger partial charge in [0, 0.05) is 11.3 Å². The molecule has 0 fully saturated rings. The third-order valence-electron chi connectivity index (χ3n) is 3.24. The van der Waals surface area contributed by atoms with Crippen LogP contribution in [0.25, 0.3) is 0 Å². The SMILES string of the molecule is C#Cc1ccc(OC(=O)Nc2cc(COOC)cc(C(=O)OC)c2)cc1. The van der Waals surface area contributed by atoms with E-state index in [0.29, 0.717) is 22.6 Å². The van der Waals surface area contributed by atoms with Crippen molar-refractivity contribution in [3.05, 3.63) is 59.2 Å². The number of carbonyl (C=O) groups excluding carboxylic acids is 2. The van der Waals surface area contributed by atoms with Crippen LogP contribution in [0.5, 0.6) is 5.75 Å². The summed E-state index contributed by atoms with van der Waals surface area (Å²) in [6.45, 7) is 0.0820. The topological polar surface area (TPSA) is 83.1 Å². The van der Waals surface area contributed by atoms with E-state index in [1.54, 1.807) is 36.4 Å². The molecule has 0 saturated heterocycles. The molecule has 0 saturated carbocycles. The van der Waals surface area contributed by atoms with E-state index in [1.165, 1.54) is 20.3 Å². The van der Waals surface area contributed by atoms with Crippen molar-refractivity contribution >= 4 is 17.7 Å². The van der Waals surface area contributed by atoms with Gasteiger partial charge in [0.1, 0.15) is 12.4 Å². The van der Waals surface area contributed by atoms with Crippen molar-refractivity contribution in [1.29, 1.82) is 0 Å². The van der Waals surface area contributed by atoms with Gasteiger partial charge in [0.05, 0.1) is 19.8 Å². The molecule has 2 aromatic rings. The number of hydrogen-bond donors (Lipinski definition) is 1. The third kappa shape index (κ3) is 5.34. The lowest BCUT2D eigenvalue weighted by Crippen LogP contribution is -2.17. The number of esters is 1. The Bertz CT molecular complexity index is 823. The minimum absolute atomic E-state index is 0.0820. The summed E-state index contributed by atoms with van der Waals surface area (Å²) in [6.07, 6.45) is 4.55. The molecule has 7 nitrogen and oxygen atoms in total. The molecule has 0 aliphatic rings. The number of hydrogen-bond acceptors (Lipinski definition) is 6. The molecule has 0 spiro atoms. The minimum atomic E-state index is -0.723. The van der Waals surface area contributed by atoms with E-state index < -0.39 is 12.1 Å². The number of benzene rings is 2. The van der Waals surface area contributed by atoms with Crippen molar-refractivity contribution < 1.29 is 28.8 Å². The summed E-state index contributed by atoms with van der Waals surface area (Å²) in [5.41, 5.74) is 1.86. The summed E-state index contributed by atoms with van der Waals surface area (Å²) in [4.78, 5) is 33.2. The Labute approximate surface area is 150 Å². The van der Waals surface area contributed by atoms with Crippen LogP contribution in [0, 0.1) is 12.3 Å². The molecule has 2 aromatic carbocycles. The summed E-state index contributed by atoms with van der Waals surface area (Å²) < 4.78 is 9.88. The standard InChI is InChI=1S/C19H17NO6/c1-4-13-5-7-17(8-6-13)26-19(22)20-16-10-14(12-25-24-3)9-15(11-16)18(21)23-2/h1,5-11H,12H2,2-3H3,(H,20,22). The molecule has 0 heterocycles. The van der Waals surface area contributed by atoms with Gasteiger partial charge in [-0.15, -0.1) is 6.42 Å². The maximum absolute atomic E-state index is 12.1. The maximum atomic E-state index is 12.1. The number of rotatable bonds is 6. The number of carbonyl (C=O) groups is 2. The largest absolute Gasteiger partial charge is 0.465 e. The third-order valence-corrected chi connectivity index (χ3v) is 3.24. The molecule has 0 aromatic heterocycles. The minimum Gasteiger partial charge on any atom is -0.465 e. The molecule has 1 N–H and O–H groups in total. The second-order valence-corrected chi connectivity index (χ2v) is 5.02. The lowest BCUT2D eigenvalue weighted by molar-refractivity contribution is -0.282. The molecule has 7 heteroatoms. The zero-order valence-electron chi connectivity index (χ0n) is 14.3. The molecular formula is C19H17NO6. The van der Waals surface area contributed by atoms with Crippen LogP contribution in [-0.4, -0.2) is 26.3 Å². The van der Waals surface area contributed by atoms with Crippen molar-refractivity contribution in [3.8, 4) is 18.1 Å². The molecule has 0 aliphatic heterocycles. The van der Waals surface area contributed by atoms with Gasteiger partial charge < -0.3 is 9.47 Å². The van der Waals surface area contributed by atoms with Crippen LogP contribution in [0.1, 0.15) is 21.5 Å². The second-order valence-electron chi connectivity index (χ2n) is 5.02. The van der Waals surface area contributed by atoms with Gasteiger partial charge in [-0.25, -0.2) is 19.4 Å². The van der Waals surface area contributed by atoms with Crippen molar-refractivity contribution in [2.24, 2.45) is 0 Å². The Morgan fingerprint density at radius 3 is 2.46 bits per heavy atom. The zero-order valence-corrected chi connectivity index (χ0v) is 14.3. The molecule has 26 heavy (non-hydrogen) atoms. The van der Waals surface area contributed by atoms with Gasteiger partial charge in [0.2, 0.25) is 0 Å². The van der Waals surface area contributed by atoms with Crippen molar-refractivity contribution in [2.75, 3.05) is 19.5 Å². The average Bonchev–Trinajstić information content (AvgIpc) is 2.66. The predicted octanol–water partition coefficient (Wildman–Crippen LogP) is 3.14. The van der Waals surface area contributed by atoms with Crippen molar-refractivity contribution in [2.45, 2.75) is 6.61 Å². The van der Waals surface area contributed by atoms with E-state index in [4.69, 9.17) is 20.8 Å². The van der Waals surface area contributed by atoms with Crippen LogP contribution < -0.4 is 10.1 Å². The quantitative estimate of drug-likeness (QED) is 0.371. The first-order valence-corrected chi connectivity index (χ1v) is 7.49. The average molecular weight is 355 g/mol. The van der Waals surface area contributed by atoms with E-state index in [1.807, 2.05) is 0 Å². The first-order valence-electron chi connectivity index (χ1n) is 7.49. The number of nitrogens with one attached hydrogen (secondary N) is 1. The lowest BCUT2D eigenvalue weighted by Gasteiger charge is -2.10. The van der Waals surface area contributed by atoms with Crippen LogP contribution >= 0.6 is 0 Å². The summed E-state index contributed by atoms with van der Waals surface area (Å²) in [6, 6.07) is 11.1. The molecule has 1 amide bonds. The molecular weight excluding hydrogens is 338 g/mol. The number of anilines is 1. The van der Waals surface area contributed by atoms with Gasteiger partial charge in [-0.3, -0.25) is 5.32 Å². The van der Waals surface area contributed by atoms with Gasteiger partial charge in [0.25, 0.3) is 0 Å². The van der Waals surface area contributed by atoms with E-state index in [0.717, 1.165) is 0 Å². The highest BCUT2D eigenvalue weighted by atomic mass is 17.2. The van der Waals surface area contributed by atoms with Gasteiger partial charge in [-0.1, -0.05) is 5.92 Å². The van der Waals surface area contributed by atoms with Gasteiger partial charge in [-0.05, 0) is 48.0 Å². The Balaban J connectivity index is 2.13. The molecule has 0 atom stereocenters. The summed E-state index contributed by atoms with van der Waals surface area (Å²) >= 11 is 0. The van der Waals surface area contributed by atoms with Crippen LogP contribution in [0.3, 0.4) is 0 Å². The van der Waals surface area contributed by atoms with Crippen LogP contribution in [0.2, 0.25) is 0 Å². The van der Waals surface area contributed by atoms with Gasteiger partial charge in [0.15, 0.2) is 0 Å². The monoisotopic (exact) mass is 355 g/mol. The number of terminal acetylenes is 1. The fraction of sp³-hybridized carbons (Fsp3) is 0.158. The lowest BCUT2D eigenvalue weighted by atomic mass is 10.1. The van der Waals surface area contributed by atoms with Gasteiger partial charge in [-0.2, -0.15) is 0 Å². The number of ether oxygens (including phenoxy) is 2. The van der Waals surface area contributed by atoms with Crippen molar-refractivity contribution in [3.63, 3.8) is 0 Å². The van der Waals surface area contributed by atoms with E-state index in [9.17, 15) is 9.59 Å². The highest BCUT2D eigenvalue weighted by molar-refractivity contribution is 5.93. The zero-order chi connectivity index (χ0) is 18.9. The van der Waals surface area contributed by atoms with Crippen LogP contribution in [0.15, 0.2) is 42.5 Å². The molecule has 0 unspecified atom stereocenters. The highest BCUT2D eigenvalue weighted by Gasteiger charge is 2.12. The highest BCUT2D eigenvalue weighted by Crippen LogP contribution is 2.18. The smallest absolute Gasteiger partial charge is 0.417 e. The molecule has 134 valence electrons. The van der Waals surface area contributed by atoms with Gasteiger partial charge >= 0.3 is 12.1 Å². The predicted molar refractivity (Wildman–Crippen MR) is 93.6 cm³/mol. The second kappa shape index (κ2) is 9.22. The van der Waals surface area contributed by atoms with Crippen molar-refractivity contribution in [1.82, 2.24) is 0 Å². The van der Waals surface area contributed by atoms with E-state index in [-0.39, 0.29) is 12.2 Å². The number of methoxy groups -OCH3 is 1. The normalized spacial score (nSPS) is 9.88. The van der Waals surface area contributed by atoms with Crippen LogP contribution in [-0.2, 0) is 21.1 Å². The fourth-order valence-corrected chi connectivity index (χ4v) is 2.08. The Morgan fingerprint density at radius 1 is 1.12 bits per heavy atom. The van der Waals surface area contributed by atoms with E-state index in [2.05, 4.69) is 16.1 Å². The first kappa shape index (κ1) is 19.0. The summed E-state index contributed by atoms with van der Waals surface area (Å²) in [7, 11) is 2.63. The first-order chi connectivity index (χ1) is 12.5. The van der Waals surface area contributed by atoms with Crippen LogP contribution in [0.4, 0.5) is 10.5 Å². The number of amides is 1. The Morgan fingerprint density at radius 2 is 1.85 bits per heavy atom. The summed E-state index contributed by atoms with van der Waals surface area (Å²) in [5.74, 6) is 2.25. The Kier molecular flexibility index (Phi) is 6.74. The summed E-state index contributed by atoms with van der Waals surface area (Å²) in [5, 5.41) is 2.55. The molecule has 0 bridgehead atoms. The Hall–Kier alpha value is -3.34. The molecule has 2 rings (SSSR count). The molecule has 0 aliphatic carbocycles. The fourth-order valence-electron chi connectivity index (χ4n) is 2.08. The molecule has 0 radical (unpaired) electrons. The maximum Gasteiger partial charge on any atom is 0.417 e. The van der Waals surface area contributed by atoms with E-state index >= 15 is 0 Å².